The predicted octanol–water partition coefficient (Wildman–Crippen LogP) is 4.92. The van der Waals surface area contributed by atoms with Gasteiger partial charge in [0.2, 0.25) is 11.7 Å². The van der Waals surface area contributed by atoms with Crippen molar-refractivity contribution in [2.24, 2.45) is 0 Å². The molecule has 4 aromatic rings. The fraction of sp³-hybridized carbons (Fsp3) is 0.0476. The second-order valence-electron chi connectivity index (χ2n) is 6.08. The first-order valence-electron chi connectivity index (χ1n) is 8.66. The van der Waals surface area contributed by atoms with Gasteiger partial charge in [-0.2, -0.15) is 4.98 Å². The Labute approximate surface area is 160 Å². The Morgan fingerprint density at radius 1 is 0.929 bits per heavy atom. The summed E-state index contributed by atoms with van der Waals surface area (Å²) in [5, 5.41) is 18.2. The van der Waals surface area contributed by atoms with E-state index in [1.54, 1.807) is 12.1 Å². The Bertz CT molecular complexity index is 1110. The van der Waals surface area contributed by atoms with Crippen LogP contribution in [0, 0.1) is 10.1 Å². The highest BCUT2D eigenvalue weighted by Crippen LogP contribution is 2.28. The van der Waals surface area contributed by atoms with Gasteiger partial charge >= 0.3 is 0 Å². The molecule has 0 spiro atoms. The van der Waals surface area contributed by atoms with E-state index in [1.165, 1.54) is 12.1 Å². The Hall–Kier alpha value is -4.00. The molecule has 28 heavy (non-hydrogen) atoms. The molecule has 0 saturated heterocycles. The Morgan fingerprint density at radius 3 is 2.50 bits per heavy atom. The molecular formula is C21H16N4O3. The number of nitro benzene ring substituents is 1. The van der Waals surface area contributed by atoms with Gasteiger partial charge in [0.05, 0.1) is 11.5 Å². The number of para-hydroxylation sites is 1. The maximum absolute atomic E-state index is 10.9. The van der Waals surface area contributed by atoms with Crippen molar-refractivity contribution in [3.8, 4) is 22.5 Å². The highest BCUT2D eigenvalue weighted by molar-refractivity contribution is 5.77. The number of nitrogens with zero attached hydrogens (tertiary/aromatic N) is 3. The number of rotatable bonds is 6. The molecule has 7 heteroatoms. The van der Waals surface area contributed by atoms with Crippen LogP contribution in [0.4, 0.5) is 11.4 Å². The lowest BCUT2D eigenvalue weighted by Gasteiger charge is -2.10. The highest BCUT2D eigenvalue weighted by Gasteiger charge is 2.13. The van der Waals surface area contributed by atoms with E-state index in [0.717, 1.165) is 16.8 Å². The van der Waals surface area contributed by atoms with Gasteiger partial charge in [0.15, 0.2) is 0 Å². The van der Waals surface area contributed by atoms with Crippen LogP contribution in [0.1, 0.15) is 5.89 Å². The molecule has 1 aromatic heterocycles. The molecule has 4 rings (SSSR count). The molecule has 138 valence electrons. The van der Waals surface area contributed by atoms with E-state index in [-0.39, 0.29) is 5.69 Å². The standard InChI is InChI=1S/C21H16N4O3/c26-25(27)17-10-6-9-16(13-17)21-23-20(28-24-21)14-22-19-12-5-4-11-18(19)15-7-2-1-3-8-15/h1-13,22H,14H2. The molecule has 0 bridgehead atoms. The van der Waals surface area contributed by atoms with E-state index in [1.807, 2.05) is 54.6 Å². The average molecular weight is 372 g/mol. The van der Waals surface area contributed by atoms with E-state index in [2.05, 4.69) is 15.5 Å². The summed E-state index contributed by atoms with van der Waals surface area (Å²) in [6.45, 7) is 0.339. The van der Waals surface area contributed by atoms with Crippen molar-refractivity contribution in [2.75, 3.05) is 5.32 Å². The number of nitrogens with one attached hydrogen (secondary N) is 1. The summed E-state index contributed by atoms with van der Waals surface area (Å²) in [5.74, 6) is 0.709. The summed E-state index contributed by atoms with van der Waals surface area (Å²) < 4.78 is 5.29. The van der Waals surface area contributed by atoms with Crippen LogP contribution in [-0.2, 0) is 6.54 Å². The largest absolute Gasteiger partial charge is 0.376 e. The molecular weight excluding hydrogens is 356 g/mol. The fourth-order valence-electron chi connectivity index (χ4n) is 2.88. The van der Waals surface area contributed by atoms with Crippen LogP contribution in [0.5, 0.6) is 0 Å². The van der Waals surface area contributed by atoms with Gasteiger partial charge in [-0.3, -0.25) is 10.1 Å². The molecule has 0 fully saturated rings. The summed E-state index contributed by atoms with van der Waals surface area (Å²) in [4.78, 5) is 14.8. The zero-order chi connectivity index (χ0) is 19.3. The van der Waals surface area contributed by atoms with Crippen molar-refractivity contribution in [2.45, 2.75) is 6.54 Å². The number of non-ortho nitro benzene ring substituents is 1. The third-order valence-corrected chi connectivity index (χ3v) is 4.23. The van der Waals surface area contributed by atoms with Gasteiger partial charge in [0.1, 0.15) is 0 Å². The molecule has 0 aliphatic carbocycles. The van der Waals surface area contributed by atoms with Gasteiger partial charge in [-0.1, -0.05) is 65.8 Å². The smallest absolute Gasteiger partial charge is 0.270 e. The summed E-state index contributed by atoms with van der Waals surface area (Å²) in [5.41, 5.74) is 3.64. The van der Waals surface area contributed by atoms with Crippen LogP contribution in [0.25, 0.3) is 22.5 Å². The Kier molecular flexibility index (Phi) is 4.79. The van der Waals surface area contributed by atoms with E-state index in [4.69, 9.17) is 4.52 Å². The topological polar surface area (TPSA) is 94.1 Å². The lowest BCUT2D eigenvalue weighted by Crippen LogP contribution is -2.01. The lowest BCUT2D eigenvalue weighted by molar-refractivity contribution is -0.384. The van der Waals surface area contributed by atoms with Crippen molar-refractivity contribution in [3.63, 3.8) is 0 Å². The average Bonchev–Trinajstić information content (AvgIpc) is 3.22. The number of hydrogen-bond acceptors (Lipinski definition) is 6. The first-order valence-corrected chi connectivity index (χ1v) is 8.66. The van der Waals surface area contributed by atoms with Crippen LogP contribution < -0.4 is 5.32 Å². The number of aromatic nitrogens is 2. The van der Waals surface area contributed by atoms with Crippen LogP contribution in [0.15, 0.2) is 83.4 Å². The summed E-state index contributed by atoms with van der Waals surface area (Å²) in [7, 11) is 0. The summed E-state index contributed by atoms with van der Waals surface area (Å²) in [6.07, 6.45) is 0. The van der Waals surface area contributed by atoms with Gasteiger partial charge in [0, 0.05) is 28.9 Å². The molecule has 1 heterocycles. The molecule has 0 unspecified atom stereocenters. The second-order valence-corrected chi connectivity index (χ2v) is 6.08. The summed E-state index contributed by atoms with van der Waals surface area (Å²) >= 11 is 0. The van der Waals surface area contributed by atoms with Crippen molar-refractivity contribution < 1.29 is 9.45 Å². The fourth-order valence-corrected chi connectivity index (χ4v) is 2.88. The minimum Gasteiger partial charge on any atom is -0.376 e. The third kappa shape index (κ3) is 3.73. The first kappa shape index (κ1) is 17.4. The lowest BCUT2D eigenvalue weighted by atomic mass is 10.0. The molecule has 3 aromatic carbocycles. The van der Waals surface area contributed by atoms with Gasteiger partial charge in [-0.05, 0) is 11.6 Å². The molecule has 0 amide bonds. The van der Waals surface area contributed by atoms with Crippen LogP contribution in [0.2, 0.25) is 0 Å². The van der Waals surface area contributed by atoms with Crippen LogP contribution in [-0.4, -0.2) is 15.1 Å². The first-order chi connectivity index (χ1) is 13.7. The van der Waals surface area contributed by atoms with Crippen molar-refractivity contribution in [3.05, 3.63) is 94.9 Å². The summed E-state index contributed by atoms with van der Waals surface area (Å²) in [6, 6.07) is 24.2. The molecule has 1 N–H and O–H groups in total. The quantitative estimate of drug-likeness (QED) is 0.381. The van der Waals surface area contributed by atoms with Crippen LogP contribution in [0.3, 0.4) is 0 Å². The van der Waals surface area contributed by atoms with E-state index in [9.17, 15) is 10.1 Å². The highest BCUT2D eigenvalue weighted by atomic mass is 16.6. The predicted molar refractivity (Wildman–Crippen MR) is 106 cm³/mol. The second kappa shape index (κ2) is 7.71. The SMILES string of the molecule is O=[N+]([O-])c1cccc(-c2noc(CNc3ccccc3-c3ccccc3)n2)c1. The number of benzene rings is 3. The van der Waals surface area contributed by atoms with E-state index in [0.29, 0.717) is 23.8 Å². The van der Waals surface area contributed by atoms with Gasteiger partial charge in [-0.15, -0.1) is 0 Å². The maximum Gasteiger partial charge on any atom is 0.270 e. The third-order valence-electron chi connectivity index (χ3n) is 4.23. The minimum atomic E-state index is -0.452. The van der Waals surface area contributed by atoms with Gasteiger partial charge in [0.25, 0.3) is 5.69 Å². The zero-order valence-electron chi connectivity index (χ0n) is 14.8. The van der Waals surface area contributed by atoms with E-state index < -0.39 is 4.92 Å². The van der Waals surface area contributed by atoms with Crippen molar-refractivity contribution in [1.82, 2.24) is 10.1 Å². The van der Waals surface area contributed by atoms with E-state index >= 15 is 0 Å². The molecule has 0 atom stereocenters. The maximum atomic E-state index is 10.9. The molecule has 0 saturated carbocycles. The van der Waals surface area contributed by atoms with Crippen molar-refractivity contribution in [1.29, 1.82) is 0 Å². The van der Waals surface area contributed by atoms with Crippen molar-refractivity contribution >= 4 is 11.4 Å². The minimum absolute atomic E-state index is 0.0150. The molecule has 0 radical (unpaired) electrons. The number of hydrogen-bond donors (Lipinski definition) is 1. The van der Waals surface area contributed by atoms with Gasteiger partial charge < -0.3 is 9.84 Å². The molecule has 7 nitrogen and oxygen atoms in total. The van der Waals surface area contributed by atoms with Crippen LogP contribution >= 0.6 is 0 Å². The Morgan fingerprint density at radius 2 is 1.68 bits per heavy atom. The number of anilines is 1. The zero-order valence-corrected chi connectivity index (χ0v) is 14.8. The van der Waals surface area contributed by atoms with Gasteiger partial charge in [-0.25, -0.2) is 0 Å². The molecule has 0 aliphatic heterocycles. The normalized spacial score (nSPS) is 10.6. The number of nitro groups is 1. The monoisotopic (exact) mass is 372 g/mol. The Balaban J connectivity index is 1.52. The molecule has 0 aliphatic rings.